The van der Waals surface area contributed by atoms with Crippen LogP contribution in [0, 0.1) is 0 Å². The average molecular weight is 434 g/mol. The molecule has 0 spiro atoms. The van der Waals surface area contributed by atoms with E-state index in [2.05, 4.69) is 26.8 Å². The van der Waals surface area contributed by atoms with Crippen LogP contribution in [0.3, 0.4) is 0 Å². The molecule has 1 saturated heterocycles. The van der Waals surface area contributed by atoms with E-state index in [9.17, 15) is 9.59 Å². The van der Waals surface area contributed by atoms with E-state index in [1.54, 1.807) is 4.90 Å². The molecule has 0 N–H and O–H groups in total. The summed E-state index contributed by atoms with van der Waals surface area (Å²) in [5, 5.41) is 0. The van der Waals surface area contributed by atoms with Crippen molar-refractivity contribution in [2.75, 3.05) is 0 Å². The van der Waals surface area contributed by atoms with Crippen LogP contribution in [-0.2, 0) is 9.59 Å². The Labute approximate surface area is 193 Å². The summed E-state index contributed by atoms with van der Waals surface area (Å²) in [5.41, 5.74) is 1.23. The molecule has 31 heavy (non-hydrogen) atoms. The van der Waals surface area contributed by atoms with Crippen molar-refractivity contribution in [3.63, 3.8) is 0 Å². The summed E-state index contributed by atoms with van der Waals surface area (Å²) >= 11 is 0. The number of carbonyl (C=O) groups is 2. The predicted molar refractivity (Wildman–Crippen MR) is 133 cm³/mol. The van der Waals surface area contributed by atoms with Crippen molar-refractivity contribution in [3.8, 4) is 0 Å². The minimum absolute atomic E-state index is 0.00314. The number of hydrogen-bond acceptors (Lipinski definition) is 2. The minimum atomic E-state index is -0.00314. The monoisotopic (exact) mass is 433 g/mol. The molecule has 0 aromatic heterocycles. The van der Waals surface area contributed by atoms with Gasteiger partial charge in [-0.05, 0) is 26.2 Å². The van der Waals surface area contributed by atoms with Crippen LogP contribution in [0.2, 0.25) is 0 Å². The van der Waals surface area contributed by atoms with Gasteiger partial charge in [0.25, 0.3) is 0 Å². The first kappa shape index (κ1) is 27.9. The summed E-state index contributed by atoms with van der Waals surface area (Å²) < 4.78 is 0. The standard InChI is InChI=1S/C28H51NO2/c1-4-6-8-10-12-14-16-18-20-22-26(29-27(30)23-24-28(29)31)25(3)21-19-17-15-13-11-9-7-5-2/h21,26H,4-20,22-24H2,1-3H3/b25-21+. The van der Waals surface area contributed by atoms with Crippen molar-refractivity contribution in [2.45, 2.75) is 155 Å². The molecule has 3 heteroatoms. The molecule has 0 saturated carbocycles. The normalized spacial score (nSPS) is 15.8. The maximum absolute atomic E-state index is 12.4. The summed E-state index contributed by atoms with van der Waals surface area (Å²) in [7, 11) is 0. The van der Waals surface area contributed by atoms with Crippen LogP contribution in [0.15, 0.2) is 11.6 Å². The van der Waals surface area contributed by atoms with Gasteiger partial charge in [0.2, 0.25) is 11.8 Å². The number of imide groups is 1. The highest BCUT2D eigenvalue weighted by atomic mass is 16.2. The molecule has 180 valence electrons. The van der Waals surface area contributed by atoms with Gasteiger partial charge in [-0.1, -0.05) is 122 Å². The van der Waals surface area contributed by atoms with E-state index in [-0.39, 0.29) is 17.9 Å². The maximum Gasteiger partial charge on any atom is 0.230 e. The number of allylic oxidation sites excluding steroid dienone is 1. The van der Waals surface area contributed by atoms with Crippen molar-refractivity contribution < 1.29 is 9.59 Å². The van der Waals surface area contributed by atoms with Crippen molar-refractivity contribution in [3.05, 3.63) is 11.6 Å². The molecule has 1 heterocycles. The highest BCUT2D eigenvalue weighted by Gasteiger charge is 2.35. The number of nitrogens with zero attached hydrogens (tertiary/aromatic N) is 1. The third-order valence-electron chi connectivity index (χ3n) is 6.78. The smallest absolute Gasteiger partial charge is 0.230 e. The van der Waals surface area contributed by atoms with Gasteiger partial charge in [0.05, 0.1) is 6.04 Å². The predicted octanol–water partition coefficient (Wildman–Crippen LogP) is 8.51. The first-order chi connectivity index (χ1) is 15.1. The lowest BCUT2D eigenvalue weighted by Gasteiger charge is -2.27. The van der Waals surface area contributed by atoms with Gasteiger partial charge in [-0.25, -0.2) is 0 Å². The topological polar surface area (TPSA) is 37.4 Å². The Bertz CT molecular complexity index is 495. The van der Waals surface area contributed by atoms with Crippen LogP contribution >= 0.6 is 0 Å². The van der Waals surface area contributed by atoms with E-state index in [0.717, 1.165) is 19.3 Å². The summed E-state index contributed by atoms with van der Waals surface area (Å²) in [6, 6.07) is -0.00314. The van der Waals surface area contributed by atoms with E-state index >= 15 is 0 Å². The van der Waals surface area contributed by atoms with Crippen LogP contribution in [0.4, 0.5) is 0 Å². The van der Waals surface area contributed by atoms with Gasteiger partial charge in [0, 0.05) is 12.8 Å². The molecule has 1 unspecified atom stereocenters. The zero-order chi connectivity index (χ0) is 22.7. The van der Waals surface area contributed by atoms with Crippen LogP contribution in [-0.4, -0.2) is 22.8 Å². The molecule has 1 aliphatic heterocycles. The van der Waals surface area contributed by atoms with Crippen molar-refractivity contribution in [2.24, 2.45) is 0 Å². The second-order valence-corrected chi connectivity index (χ2v) is 9.65. The van der Waals surface area contributed by atoms with E-state index in [1.165, 1.54) is 102 Å². The highest BCUT2D eigenvalue weighted by molar-refractivity contribution is 6.02. The van der Waals surface area contributed by atoms with Gasteiger partial charge >= 0.3 is 0 Å². The maximum atomic E-state index is 12.4. The van der Waals surface area contributed by atoms with Crippen molar-refractivity contribution >= 4 is 11.8 Å². The fraction of sp³-hybridized carbons (Fsp3) is 0.857. The molecule has 2 amide bonds. The molecular weight excluding hydrogens is 382 g/mol. The molecule has 0 aromatic carbocycles. The minimum Gasteiger partial charge on any atom is -0.275 e. The zero-order valence-electron chi connectivity index (χ0n) is 21.1. The van der Waals surface area contributed by atoms with E-state index in [4.69, 9.17) is 0 Å². The molecular formula is C28H51NO2. The van der Waals surface area contributed by atoms with E-state index in [0.29, 0.717) is 12.8 Å². The fourth-order valence-corrected chi connectivity index (χ4v) is 4.72. The van der Waals surface area contributed by atoms with Gasteiger partial charge in [-0.2, -0.15) is 0 Å². The van der Waals surface area contributed by atoms with Gasteiger partial charge in [-0.15, -0.1) is 0 Å². The lowest BCUT2D eigenvalue weighted by Crippen LogP contribution is -2.40. The highest BCUT2D eigenvalue weighted by Crippen LogP contribution is 2.25. The van der Waals surface area contributed by atoms with Crippen LogP contribution in [0.5, 0.6) is 0 Å². The first-order valence-corrected chi connectivity index (χ1v) is 13.6. The van der Waals surface area contributed by atoms with E-state index in [1.807, 2.05) is 0 Å². The quantitative estimate of drug-likeness (QED) is 0.110. The SMILES string of the molecule is CCCCCCCCC/C=C(\C)C(CCCCCCCCCCC)N1C(=O)CCC1=O. The number of rotatable bonds is 20. The number of likely N-dealkylation sites (tertiary alicyclic amines) is 1. The molecule has 0 aliphatic carbocycles. The average Bonchev–Trinajstić information content (AvgIpc) is 3.09. The van der Waals surface area contributed by atoms with Gasteiger partial charge in [0.1, 0.15) is 0 Å². The molecule has 0 bridgehead atoms. The number of hydrogen-bond donors (Lipinski definition) is 0. The number of amides is 2. The first-order valence-electron chi connectivity index (χ1n) is 13.6. The zero-order valence-corrected chi connectivity index (χ0v) is 21.1. The van der Waals surface area contributed by atoms with Gasteiger partial charge < -0.3 is 0 Å². The second-order valence-electron chi connectivity index (χ2n) is 9.65. The van der Waals surface area contributed by atoms with Crippen molar-refractivity contribution in [1.82, 2.24) is 4.90 Å². The Balaban J connectivity index is 2.38. The van der Waals surface area contributed by atoms with E-state index < -0.39 is 0 Å². The largest absolute Gasteiger partial charge is 0.275 e. The molecule has 3 nitrogen and oxygen atoms in total. The molecule has 1 aliphatic rings. The molecule has 1 fully saturated rings. The van der Waals surface area contributed by atoms with Crippen LogP contribution < -0.4 is 0 Å². The molecule has 1 rings (SSSR count). The Hall–Kier alpha value is -1.12. The summed E-state index contributed by atoms with van der Waals surface area (Å²) in [6.07, 6.45) is 26.0. The lowest BCUT2D eigenvalue weighted by atomic mass is 9.97. The Morgan fingerprint density at radius 3 is 1.61 bits per heavy atom. The lowest BCUT2D eigenvalue weighted by molar-refractivity contribution is -0.140. The Morgan fingerprint density at radius 2 is 1.13 bits per heavy atom. The third kappa shape index (κ3) is 12.5. The molecule has 0 aromatic rings. The number of carbonyl (C=O) groups excluding carboxylic acids is 2. The van der Waals surface area contributed by atoms with Gasteiger partial charge in [-0.3, -0.25) is 14.5 Å². The van der Waals surface area contributed by atoms with Crippen LogP contribution in [0.25, 0.3) is 0 Å². The summed E-state index contributed by atoms with van der Waals surface area (Å²) in [4.78, 5) is 26.3. The summed E-state index contributed by atoms with van der Waals surface area (Å²) in [5.74, 6) is 0.0733. The molecule has 1 atom stereocenters. The fourth-order valence-electron chi connectivity index (χ4n) is 4.72. The third-order valence-corrected chi connectivity index (χ3v) is 6.78. The second kappa shape index (κ2) is 18.5. The Kier molecular flexibility index (Phi) is 16.6. The van der Waals surface area contributed by atoms with Crippen molar-refractivity contribution in [1.29, 1.82) is 0 Å². The number of unbranched alkanes of at least 4 members (excludes halogenated alkanes) is 15. The Morgan fingerprint density at radius 1 is 0.710 bits per heavy atom. The summed E-state index contributed by atoms with van der Waals surface area (Å²) in [6.45, 7) is 6.66. The van der Waals surface area contributed by atoms with Crippen LogP contribution in [0.1, 0.15) is 149 Å². The van der Waals surface area contributed by atoms with Gasteiger partial charge in [0.15, 0.2) is 0 Å². The molecule has 0 radical (unpaired) electrons.